The van der Waals surface area contributed by atoms with E-state index < -0.39 is 16.4 Å². The molecule has 5 heteroatoms. The van der Waals surface area contributed by atoms with E-state index in [0.717, 1.165) is 0 Å². The zero-order valence-electron chi connectivity index (χ0n) is 15.3. The van der Waals surface area contributed by atoms with Crippen molar-refractivity contribution in [3.63, 3.8) is 0 Å². The van der Waals surface area contributed by atoms with Gasteiger partial charge in [-0.3, -0.25) is 0 Å². The Bertz CT molecular complexity index is 600. The predicted molar refractivity (Wildman–Crippen MR) is 109 cm³/mol. The third-order valence-corrected chi connectivity index (χ3v) is 12.1. The van der Waals surface area contributed by atoms with Crippen LogP contribution in [0.25, 0.3) is 0 Å². The van der Waals surface area contributed by atoms with Gasteiger partial charge in [0.1, 0.15) is 0 Å². The monoisotopic (exact) mass is 546 g/mol. The molecule has 0 unspecified atom stereocenters. The first-order valence-electron chi connectivity index (χ1n) is 8.39. The summed E-state index contributed by atoms with van der Waals surface area (Å²) >= 11 is 4.07. The number of hydrogen-bond donors (Lipinski definition) is 0. The first-order valence-corrected chi connectivity index (χ1v) is 21.6. The fourth-order valence-corrected chi connectivity index (χ4v) is 8.03. The summed E-state index contributed by atoms with van der Waals surface area (Å²) in [5.41, 5.74) is 2.40. The van der Waals surface area contributed by atoms with Crippen LogP contribution in [-0.2, 0) is 32.9 Å². The molecule has 25 heavy (non-hydrogen) atoms. The van der Waals surface area contributed by atoms with E-state index in [1.807, 2.05) is 12.1 Å². The van der Waals surface area contributed by atoms with Gasteiger partial charge >= 0.3 is 170 Å². The van der Waals surface area contributed by atoms with Crippen LogP contribution in [0.4, 0.5) is 0 Å². The summed E-state index contributed by atoms with van der Waals surface area (Å²) in [5, 5.41) is 0. The van der Waals surface area contributed by atoms with Gasteiger partial charge in [-0.2, -0.15) is 0 Å². The van der Waals surface area contributed by atoms with Crippen LogP contribution >= 0.6 is 24.4 Å². The van der Waals surface area contributed by atoms with Gasteiger partial charge in [0.2, 0.25) is 0 Å². The molecule has 0 amide bonds. The number of rotatable bonds is 8. The molecule has 0 spiro atoms. The van der Waals surface area contributed by atoms with Gasteiger partial charge in [-0.15, -0.1) is 0 Å². The van der Waals surface area contributed by atoms with E-state index in [4.69, 9.17) is 5.63 Å². The third-order valence-electron chi connectivity index (χ3n) is 4.31. The van der Waals surface area contributed by atoms with Crippen LogP contribution in [0.2, 0.25) is 0 Å². The Hall–Kier alpha value is 0.203. The summed E-state index contributed by atoms with van der Waals surface area (Å²) in [6.45, 7) is 9.98. The van der Waals surface area contributed by atoms with Crippen LogP contribution in [-0.4, -0.2) is 13.2 Å². The fourth-order valence-electron chi connectivity index (χ4n) is 2.52. The van der Waals surface area contributed by atoms with Gasteiger partial charge < -0.3 is 0 Å². The normalized spacial score (nSPS) is 13.0. The van der Waals surface area contributed by atoms with Crippen molar-refractivity contribution in [2.75, 3.05) is 13.2 Å². The van der Waals surface area contributed by atoms with Gasteiger partial charge in [-0.1, -0.05) is 0 Å². The second-order valence-corrected chi connectivity index (χ2v) is 29.9. The van der Waals surface area contributed by atoms with Crippen molar-refractivity contribution in [3.8, 4) is 0 Å². The van der Waals surface area contributed by atoms with Gasteiger partial charge in [-0.05, 0) is 0 Å². The van der Waals surface area contributed by atoms with Crippen molar-refractivity contribution < 1.29 is 22.1 Å². The molecule has 0 fully saturated rings. The van der Waals surface area contributed by atoms with Crippen LogP contribution in [0.3, 0.4) is 0 Å². The SMILES string of the molecule is CC(C)(C[O][Zr]([Br])([Br])[O]CC(C)(C)c1ccccc1)c1ccccc1. The Kier molecular flexibility index (Phi) is 7.68. The summed E-state index contributed by atoms with van der Waals surface area (Å²) in [6.07, 6.45) is 0. The fraction of sp³-hybridized carbons (Fsp3) is 0.400. The van der Waals surface area contributed by atoms with E-state index in [0.29, 0.717) is 13.2 Å². The summed E-state index contributed by atoms with van der Waals surface area (Å²) in [5.74, 6) is 0. The van der Waals surface area contributed by atoms with Crippen molar-refractivity contribution in [1.29, 1.82) is 0 Å². The van der Waals surface area contributed by atoms with Crippen molar-refractivity contribution in [2.45, 2.75) is 38.5 Å². The van der Waals surface area contributed by atoms with E-state index in [1.54, 1.807) is 0 Å². The number of hydrogen-bond acceptors (Lipinski definition) is 2. The van der Waals surface area contributed by atoms with Crippen molar-refractivity contribution >= 4 is 24.4 Å². The summed E-state index contributed by atoms with van der Waals surface area (Å²) < 4.78 is 12.4. The summed E-state index contributed by atoms with van der Waals surface area (Å²) in [4.78, 5) is 0. The molecule has 136 valence electrons. The molecular weight excluding hydrogens is 523 g/mol. The molecule has 0 bridgehead atoms. The molecule has 0 aromatic heterocycles. The molecule has 2 aromatic carbocycles. The molecule has 0 N–H and O–H groups in total. The van der Waals surface area contributed by atoms with Crippen molar-refractivity contribution in [1.82, 2.24) is 0 Å². The first-order chi connectivity index (χ1) is 11.6. The van der Waals surface area contributed by atoms with Gasteiger partial charge in [0, 0.05) is 0 Å². The zero-order chi connectivity index (χ0) is 18.6. The summed E-state index contributed by atoms with van der Waals surface area (Å²) in [7, 11) is 0. The molecular formula is C20H26Br2O2Zr. The molecule has 0 radical (unpaired) electrons. The van der Waals surface area contributed by atoms with Gasteiger partial charge in [0.15, 0.2) is 0 Å². The van der Waals surface area contributed by atoms with Crippen LogP contribution in [0, 0.1) is 0 Å². The topological polar surface area (TPSA) is 18.5 Å². The van der Waals surface area contributed by atoms with Crippen molar-refractivity contribution in [3.05, 3.63) is 71.8 Å². The van der Waals surface area contributed by atoms with Gasteiger partial charge in [-0.25, -0.2) is 0 Å². The molecule has 0 aliphatic heterocycles. The van der Waals surface area contributed by atoms with Gasteiger partial charge in [0.25, 0.3) is 0 Å². The Morgan fingerprint density at radius 3 is 1.32 bits per heavy atom. The van der Waals surface area contributed by atoms with Gasteiger partial charge in [0.05, 0.1) is 0 Å². The molecule has 2 nitrogen and oxygen atoms in total. The first kappa shape index (κ1) is 21.5. The molecule has 0 saturated heterocycles. The van der Waals surface area contributed by atoms with Crippen LogP contribution < -0.4 is 0 Å². The zero-order valence-corrected chi connectivity index (χ0v) is 20.9. The van der Waals surface area contributed by atoms with Crippen LogP contribution in [0.1, 0.15) is 38.8 Å². The van der Waals surface area contributed by atoms with E-state index in [9.17, 15) is 0 Å². The van der Waals surface area contributed by atoms with Crippen molar-refractivity contribution in [2.24, 2.45) is 0 Å². The Labute approximate surface area is 168 Å². The Morgan fingerprint density at radius 2 is 1.00 bits per heavy atom. The quantitative estimate of drug-likeness (QED) is 0.371. The molecule has 0 atom stereocenters. The average Bonchev–Trinajstić information content (AvgIpc) is 2.60. The molecule has 0 saturated carbocycles. The predicted octanol–water partition coefficient (Wildman–Crippen LogP) is 6.58. The second-order valence-electron chi connectivity index (χ2n) is 7.54. The van der Waals surface area contributed by atoms with Crippen LogP contribution in [0.15, 0.2) is 60.7 Å². The average molecular weight is 549 g/mol. The Morgan fingerprint density at radius 1 is 0.680 bits per heavy atom. The molecule has 2 rings (SSSR count). The Balaban J connectivity index is 1.93. The molecule has 0 aliphatic rings. The molecule has 0 aliphatic carbocycles. The maximum absolute atomic E-state index is 6.20. The summed E-state index contributed by atoms with van der Waals surface area (Å²) in [6, 6.07) is 20.9. The standard InChI is InChI=1S/2C10H13O.2BrH.Zr/c2*1-10(2,8-11)9-6-4-3-5-7-9;;;/h2*3-7H,8H2,1-2H3;2*1H;/q2*-1;;;+4/p-2. The second kappa shape index (κ2) is 8.93. The van der Waals surface area contributed by atoms with E-state index in [-0.39, 0.29) is 10.8 Å². The van der Waals surface area contributed by atoms with E-state index in [2.05, 4.69) is 101 Å². The molecule has 0 heterocycles. The number of benzene rings is 2. The maximum atomic E-state index is 6.20. The number of halogens is 2. The third kappa shape index (κ3) is 6.70. The van der Waals surface area contributed by atoms with E-state index in [1.165, 1.54) is 11.1 Å². The minimum atomic E-state index is -3.36. The van der Waals surface area contributed by atoms with Crippen LogP contribution in [0.5, 0.6) is 0 Å². The minimum absolute atomic E-state index is 0.0662. The molecule has 2 aromatic rings. The van der Waals surface area contributed by atoms with E-state index >= 15 is 0 Å².